The molecule has 2 aromatic carbocycles. The van der Waals surface area contributed by atoms with Gasteiger partial charge in [-0.3, -0.25) is 0 Å². The topological polar surface area (TPSA) is 56.2 Å². The minimum atomic E-state index is 0.602. The van der Waals surface area contributed by atoms with E-state index in [0.29, 0.717) is 11.7 Å². The third-order valence-corrected chi connectivity index (χ3v) is 4.94. The predicted molar refractivity (Wildman–Crippen MR) is 119 cm³/mol. The lowest BCUT2D eigenvalue weighted by Crippen LogP contribution is -3.14. The molecule has 29 heavy (non-hydrogen) atoms. The fourth-order valence-electron chi connectivity index (χ4n) is 3.17. The number of para-hydroxylation sites is 2. The van der Waals surface area contributed by atoms with Crippen LogP contribution in [0.3, 0.4) is 0 Å². The molecular weight excluding hydrogens is 386 g/mol. The van der Waals surface area contributed by atoms with Gasteiger partial charge in [-0.2, -0.15) is 0 Å². The van der Waals surface area contributed by atoms with Crippen LogP contribution in [-0.2, 0) is 4.74 Å². The summed E-state index contributed by atoms with van der Waals surface area (Å²) in [6.45, 7) is 8.52. The molecule has 0 atom stereocenters. The Morgan fingerprint density at radius 1 is 1.07 bits per heavy atom. The molecule has 156 valence electrons. The maximum Gasteiger partial charge on any atom is 0.170 e. The summed E-state index contributed by atoms with van der Waals surface area (Å²) in [7, 11) is 0. The quantitative estimate of drug-likeness (QED) is 0.431. The molecule has 0 bridgehead atoms. The zero-order valence-corrected chi connectivity index (χ0v) is 17.7. The summed E-state index contributed by atoms with van der Waals surface area (Å²) >= 11 is 5.46. The van der Waals surface area contributed by atoms with E-state index in [1.807, 2.05) is 55.5 Å². The summed E-state index contributed by atoms with van der Waals surface area (Å²) in [4.78, 5) is 1.60. The fraction of sp³-hybridized carbons (Fsp3) is 0.409. The molecule has 1 aliphatic heterocycles. The number of hydrogen-bond acceptors (Lipinski definition) is 4. The van der Waals surface area contributed by atoms with E-state index in [0.717, 1.165) is 68.7 Å². The highest BCUT2D eigenvalue weighted by molar-refractivity contribution is 7.80. The van der Waals surface area contributed by atoms with Gasteiger partial charge in [-0.25, -0.2) is 0 Å². The van der Waals surface area contributed by atoms with Crippen molar-refractivity contribution in [1.82, 2.24) is 5.32 Å². The number of hydrogen-bond donors (Lipinski definition) is 3. The van der Waals surface area contributed by atoms with Gasteiger partial charge in [0.25, 0.3) is 0 Å². The summed E-state index contributed by atoms with van der Waals surface area (Å²) in [6, 6.07) is 15.4. The van der Waals surface area contributed by atoms with Crippen LogP contribution < -0.4 is 25.0 Å². The number of ether oxygens (including phenoxy) is 3. The number of nitrogens with one attached hydrogen (secondary N) is 3. The van der Waals surface area contributed by atoms with Gasteiger partial charge in [0, 0.05) is 13.0 Å². The third kappa shape index (κ3) is 7.20. The van der Waals surface area contributed by atoms with Crippen LogP contribution in [0.25, 0.3) is 0 Å². The SMILES string of the molecule is CCOc1ccc(Oc2ccccc2NC(=S)NCCC[NH+]2CCOCC2)cc1. The normalized spacial score (nSPS) is 14.2. The van der Waals surface area contributed by atoms with Gasteiger partial charge in [0.1, 0.15) is 24.6 Å². The lowest BCUT2D eigenvalue weighted by molar-refractivity contribution is -0.908. The average molecular weight is 417 g/mol. The Morgan fingerprint density at radius 3 is 2.55 bits per heavy atom. The molecule has 6 nitrogen and oxygen atoms in total. The van der Waals surface area contributed by atoms with Crippen LogP contribution in [0.1, 0.15) is 13.3 Å². The van der Waals surface area contributed by atoms with Crippen LogP contribution in [0.2, 0.25) is 0 Å². The number of benzene rings is 2. The van der Waals surface area contributed by atoms with Crippen molar-refractivity contribution in [3.8, 4) is 17.2 Å². The highest BCUT2D eigenvalue weighted by atomic mass is 32.1. The molecule has 1 heterocycles. The van der Waals surface area contributed by atoms with Gasteiger partial charge in [-0.15, -0.1) is 0 Å². The van der Waals surface area contributed by atoms with Gasteiger partial charge in [-0.1, -0.05) is 12.1 Å². The molecule has 0 unspecified atom stereocenters. The first-order chi connectivity index (χ1) is 14.2. The van der Waals surface area contributed by atoms with E-state index < -0.39 is 0 Å². The molecule has 0 amide bonds. The van der Waals surface area contributed by atoms with Gasteiger partial charge in [0.2, 0.25) is 0 Å². The Kier molecular flexibility index (Phi) is 8.55. The molecule has 1 fully saturated rings. The Hall–Kier alpha value is -2.35. The molecule has 3 N–H and O–H groups in total. The van der Waals surface area contributed by atoms with Crippen LogP contribution >= 0.6 is 12.2 Å². The van der Waals surface area contributed by atoms with E-state index in [2.05, 4.69) is 10.6 Å². The van der Waals surface area contributed by atoms with Crippen molar-refractivity contribution >= 4 is 23.0 Å². The van der Waals surface area contributed by atoms with Gasteiger partial charge >= 0.3 is 0 Å². The molecule has 7 heteroatoms. The second-order valence-corrected chi connectivity index (χ2v) is 7.26. The average Bonchev–Trinajstić information content (AvgIpc) is 2.75. The van der Waals surface area contributed by atoms with Crippen LogP contribution in [0.4, 0.5) is 5.69 Å². The smallest absolute Gasteiger partial charge is 0.170 e. The van der Waals surface area contributed by atoms with Crippen LogP contribution in [-0.4, -0.2) is 51.1 Å². The lowest BCUT2D eigenvalue weighted by Gasteiger charge is -2.23. The van der Waals surface area contributed by atoms with E-state index in [4.69, 9.17) is 26.4 Å². The minimum Gasteiger partial charge on any atom is -0.494 e. The maximum atomic E-state index is 6.03. The molecule has 2 aromatic rings. The standard InChI is InChI=1S/C22H29N3O3S/c1-2-27-18-8-10-19(11-9-18)28-21-7-4-3-6-20(21)24-22(29)23-12-5-13-25-14-16-26-17-15-25/h3-4,6-11H,2,5,12-17H2,1H3,(H2,23,24,29)/p+1. The second-order valence-electron chi connectivity index (χ2n) is 6.85. The Morgan fingerprint density at radius 2 is 1.79 bits per heavy atom. The summed E-state index contributed by atoms with van der Waals surface area (Å²) in [5.41, 5.74) is 0.831. The van der Waals surface area contributed by atoms with Crippen LogP contribution in [0, 0.1) is 0 Å². The van der Waals surface area contributed by atoms with Crippen molar-refractivity contribution < 1.29 is 19.1 Å². The fourth-order valence-corrected chi connectivity index (χ4v) is 3.39. The predicted octanol–water partition coefficient (Wildman–Crippen LogP) is 2.47. The Bertz CT molecular complexity index is 764. The first-order valence-electron chi connectivity index (χ1n) is 10.2. The van der Waals surface area contributed by atoms with E-state index in [1.165, 1.54) is 0 Å². The van der Waals surface area contributed by atoms with E-state index >= 15 is 0 Å². The van der Waals surface area contributed by atoms with Gasteiger partial charge in [0.15, 0.2) is 10.9 Å². The number of anilines is 1. The van der Waals surface area contributed by atoms with Crippen molar-refractivity contribution in [3.63, 3.8) is 0 Å². The highest BCUT2D eigenvalue weighted by Crippen LogP contribution is 2.30. The summed E-state index contributed by atoms with van der Waals surface area (Å²) in [6.07, 6.45) is 1.07. The molecule has 1 aliphatic rings. The number of morpholine rings is 1. The van der Waals surface area contributed by atoms with E-state index in [-0.39, 0.29) is 0 Å². The zero-order valence-electron chi connectivity index (χ0n) is 16.9. The van der Waals surface area contributed by atoms with Crippen molar-refractivity contribution in [3.05, 3.63) is 48.5 Å². The summed E-state index contributed by atoms with van der Waals surface area (Å²) < 4.78 is 16.9. The molecular formula is C22H30N3O3S+. The van der Waals surface area contributed by atoms with Crippen LogP contribution in [0.5, 0.6) is 17.2 Å². The van der Waals surface area contributed by atoms with Crippen LogP contribution in [0.15, 0.2) is 48.5 Å². The molecule has 0 radical (unpaired) electrons. The van der Waals surface area contributed by atoms with Gasteiger partial charge in [0.05, 0.1) is 32.1 Å². The molecule has 0 aliphatic carbocycles. The number of rotatable bonds is 9. The van der Waals surface area contributed by atoms with Crippen molar-refractivity contribution in [2.45, 2.75) is 13.3 Å². The molecule has 0 aromatic heterocycles. The first-order valence-corrected chi connectivity index (χ1v) is 10.6. The molecule has 0 spiro atoms. The third-order valence-electron chi connectivity index (χ3n) is 4.69. The highest BCUT2D eigenvalue weighted by Gasteiger charge is 2.13. The first kappa shape index (κ1) is 21.4. The van der Waals surface area contributed by atoms with Crippen molar-refractivity contribution in [2.75, 3.05) is 51.3 Å². The van der Waals surface area contributed by atoms with E-state index in [9.17, 15) is 0 Å². The number of thiocarbonyl (C=S) groups is 1. The van der Waals surface area contributed by atoms with Gasteiger partial charge in [-0.05, 0) is 55.5 Å². The number of quaternary nitrogens is 1. The Balaban J connectivity index is 1.47. The van der Waals surface area contributed by atoms with E-state index in [1.54, 1.807) is 4.90 Å². The molecule has 3 rings (SSSR count). The molecule has 0 saturated carbocycles. The lowest BCUT2D eigenvalue weighted by atomic mass is 10.3. The van der Waals surface area contributed by atoms with Crippen molar-refractivity contribution in [2.24, 2.45) is 0 Å². The maximum absolute atomic E-state index is 6.03. The molecule has 1 saturated heterocycles. The minimum absolute atomic E-state index is 0.602. The summed E-state index contributed by atoms with van der Waals surface area (Å²) in [5.74, 6) is 2.30. The van der Waals surface area contributed by atoms with Gasteiger partial charge < -0.3 is 29.7 Å². The second kappa shape index (κ2) is 11.6. The zero-order chi connectivity index (χ0) is 20.3. The monoisotopic (exact) mass is 416 g/mol. The van der Waals surface area contributed by atoms with Crippen molar-refractivity contribution in [1.29, 1.82) is 0 Å². The largest absolute Gasteiger partial charge is 0.494 e. The summed E-state index contributed by atoms with van der Waals surface area (Å²) in [5, 5.41) is 7.13. The Labute approximate surface area is 178 Å².